The highest BCUT2D eigenvalue weighted by Gasteiger charge is 2.32. The van der Waals surface area contributed by atoms with Crippen molar-refractivity contribution < 1.29 is 4.74 Å². The molecule has 2 heteroatoms. The summed E-state index contributed by atoms with van der Waals surface area (Å²) in [5.41, 5.74) is 1.14. The van der Waals surface area contributed by atoms with Crippen LogP contribution in [-0.2, 0) is 4.74 Å². The fraction of sp³-hybridized carbons (Fsp3) is 0.333. The molecule has 1 fully saturated rings. The fourth-order valence-electron chi connectivity index (χ4n) is 1.55. The largest absolute Gasteiger partial charge is 0.466 e. The minimum Gasteiger partial charge on any atom is -0.466 e. The van der Waals surface area contributed by atoms with Gasteiger partial charge in [0.05, 0.1) is 0 Å². The first-order chi connectivity index (χ1) is 6.58. The summed E-state index contributed by atoms with van der Waals surface area (Å²) in [5, 5.41) is 0. The van der Waals surface area contributed by atoms with Gasteiger partial charge in [-0.3, -0.25) is 0 Å². The van der Waals surface area contributed by atoms with E-state index in [4.69, 9.17) is 4.74 Å². The van der Waals surface area contributed by atoms with Crippen LogP contribution in [-0.4, -0.2) is 4.98 Å². The Kier molecular flexibility index (Phi) is 1.99. The third kappa shape index (κ3) is 1.60. The van der Waals surface area contributed by atoms with Crippen molar-refractivity contribution in [2.45, 2.75) is 20.3 Å². The quantitative estimate of drug-likeness (QED) is 0.720. The molecule has 0 amide bonds. The number of ether oxygens (including phenoxy) is 1. The molecule has 2 heterocycles. The Balaban J connectivity index is 2.20. The first kappa shape index (κ1) is 9.13. The van der Waals surface area contributed by atoms with Crippen LogP contribution >= 0.6 is 0 Å². The molecule has 14 heavy (non-hydrogen) atoms. The van der Waals surface area contributed by atoms with Crippen molar-refractivity contribution in [2.75, 3.05) is 0 Å². The molecule has 1 aliphatic rings. The molecule has 0 spiro atoms. The number of H-pyrrole nitrogens is 1. The van der Waals surface area contributed by atoms with Crippen molar-refractivity contribution in [2.24, 2.45) is 5.41 Å². The zero-order valence-corrected chi connectivity index (χ0v) is 8.63. The second-order valence-electron chi connectivity index (χ2n) is 4.32. The van der Waals surface area contributed by atoms with Gasteiger partial charge < -0.3 is 9.72 Å². The summed E-state index contributed by atoms with van der Waals surface area (Å²) < 4.78 is 5.60. The van der Waals surface area contributed by atoms with Gasteiger partial charge in [0.15, 0.2) is 0 Å². The Morgan fingerprint density at radius 3 is 2.86 bits per heavy atom. The van der Waals surface area contributed by atoms with E-state index in [2.05, 4.69) is 25.4 Å². The maximum atomic E-state index is 5.60. The van der Waals surface area contributed by atoms with Crippen LogP contribution in [0.3, 0.4) is 0 Å². The Morgan fingerprint density at radius 1 is 1.57 bits per heavy atom. The second kappa shape index (κ2) is 3.05. The molecule has 1 saturated heterocycles. The van der Waals surface area contributed by atoms with Crippen LogP contribution in [0.15, 0.2) is 36.4 Å². The maximum absolute atomic E-state index is 5.60. The lowest BCUT2D eigenvalue weighted by Crippen LogP contribution is -2.05. The minimum atomic E-state index is 0.0679. The van der Waals surface area contributed by atoms with Crippen molar-refractivity contribution in [1.29, 1.82) is 0 Å². The number of nitrogens with one attached hydrogen (secondary N) is 1. The standard InChI is InChI=1S/C12H15NO/c1-9-12(2,3)8-11(14-9)7-10-5-4-6-13-10/h4-7,13H,1,8H2,2-3H3/b11-7+. The van der Waals surface area contributed by atoms with E-state index in [0.29, 0.717) is 0 Å². The number of hydrogen-bond donors (Lipinski definition) is 1. The van der Waals surface area contributed by atoms with Gasteiger partial charge in [-0.25, -0.2) is 0 Å². The minimum absolute atomic E-state index is 0.0679. The molecule has 0 radical (unpaired) electrons. The first-order valence-corrected chi connectivity index (χ1v) is 4.79. The Morgan fingerprint density at radius 2 is 2.36 bits per heavy atom. The Labute approximate surface area is 84.3 Å². The molecule has 1 aliphatic heterocycles. The van der Waals surface area contributed by atoms with Gasteiger partial charge in [0.1, 0.15) is 11.5 Å². The van der Waals surface area contributed by atoms with Gasteiger partial charge in [-0.05, 0) is 18.2 Å². The molecule has 0 atom stereocenters. The van der Waals surface area contributed by atoms with Gasteiger partial charge in [-0.1, -0.05) is 20.4 Å². The van der Waals surface area contributed by atoms with E-state index in [1.54, 1.807) is 0 Å². The van der Waals surface area contributed by atoms with Crippen LogP contribution in [0.2, 0.25) is 0 Å². The maximum Gasteiger partial charge on any atom is 0.107 e. The Bertz CT molecular complexity index is 371. The van der Waals surface area contributed by atoms with Crippen LogP contribution in [0.5, 0.6) is 0 Å². The number of allylic oxidation sites excluding steroid dienone is 2. The lowest BCUT2D eigenvalue weighted by atomic mass is 9.89. The number of hydrogen-bond acceptors (Lipinski definition) is 1. The van der Waals surface area contributed by atoms with E-state index in [0.717, 1.165) is 23.6 Å². The third-order valence-corrected chi connectivity index (χ3v) is 2.56. The molecule has 74 valence electrons. The molecule has 1 aromatic heterocycles. The average molecular weight is 189 g/mol. The van der Waals surface area contributed by atoms with Crippen molar-refractivity contribution >= 4 is 6.08 Å². The van der Waals surface area contributed by atoms with Crippen molar-refractivity contribution in [3.8, 4) is 0 Å². The SMILES string of the molecule is C=C1O/C(=C/c2ccc[nH]2)CC1(C)C. The highest BCUT2D eigenvalue weighted by molar-refractivity contribution is 5.48. The molecule has 1 aromatic rings. The number of aromatic nitrogens is 1. The second-order valence-corrected chi connectivity index (χ2v) is 4.32. The van der Waals surface area contributed by atoms with E-state index < -0.39 is 0 Å². The molecule has 0 saturated carbocycles. The molecule has 2 rings (SSSR count). The number of aromatic amines is 1. The van der Waals surface area contributed by atoms with Gasteiger partial charge in [-0.15, -0.1) is 0 Å². The molecule has 0 aromatic carbocycles. The van der Waals surface area contributed by atoms with Crippen molar-refractivity contribution in [1.82, 2.24) is 4.98 Å². The predicted octanol–water partition coefficient (Wildman–Crippen LogP) is 3.32. The summed E-state index contributed by atoms with van der Waals surface area (Å²) >= 11 is 0. The van der Waals surface area contributed by atoms with Crippen LogP contribution in [0.1, 0.15) is 26.0 Å². The molecule has 0 unspecified atom stereocenters. The molecule has 0 aliphatic carbocycles. The lowest BCUT2D eigenvalue weighted by molar-refractivity contribution is 0.308. The van der Waals surface area contributed by atoms with E-state index in [1.807, 2.05) is 24.4 Å². The summed E-state index contributed by atoms with van der Waals surface area (Å²) in [4.78, 5) is 3.12. The summed E-state index contributed by atoms with van der Waals surface area (Å²) in [6, 6.07) is 3.99. The molecule has 1 N–H and O–H groups in total. The van der Waals surface area contributed by atoms with E-state index in [-0.39, 0.29) is 5.41 Å². The highest BCUT2D eigenvalue weighted by atomic mass is 16.5. The normalized spacial score (nSPS) is 22.7. The Hall–Kier alpha value is -1.44. The van der Waals surface area contributed by atoms with E-state index in [1.165, 1.54) is 0 Å². The predicted molar refractivity (Wildman–Crippen MR) is 57.4 cm³/mol. The molecule has 0 bridgehead atoms. The van der Waals surface area contributed by atoms with Gasteiger partial charge in [0, 0.05) is 23.7 Å². The van der Waals surface area contributed by atoms with Crippen LogP contribution in [0, 0.1) is 5.41 Å². The highest BCUT2D eigenvalue weighted by Crippen LogP contribution is 2.42. The fourth-order valence-corrected chi connectivity index (χ4v) is 1.55. The topological polar surface area (TPSA) is 25.0 Å². The average Bonchev–Trinajstić information content (AvgIpc) is 2.62. The van der Waals surface area contributed by atoms with Crippen LogP contribution in [0.25, 0.3) is 6.08 Å². The zero-order valence-electron chi connectivity index (χ0n) is 8.63. The molecular weight excluding hydrogens is 174 g/mol. The number of rotatable bonds is 1. The summed E-state index contributed by atoms with van der Waals surface area (Å²) in [5.74, 6) is 1.85. The smallest absolute Gasteiger partial charge is 0.107 e. The van der Waals surface area contributed by atoms with Gasteiger partial charge in [0.2, 0.25) is 0 Å². The summed E-state index contributed by atoms with van der Waals surface area (Å²) in [7, 11) is 0. The molecular formula is C12H15NO. The lowest BCUT2D eigenvalue weighted by Gasteiger charge is -2.12. The van der Waals surface area contributed by atoms with E-state index in [9.17, 15) is 0 Å². The van der Waals surface area contributed by atoms with Crippen LogP contribution < -0.4 is 0 Å². The van der Waals surface area contributed by atoms with Gasteiger partial charge in [0.25, 0.3) is 0 Å². The molecule has 2 nitrogen and oxygen atoms in total. The zero-order chi connectivity index (χ0) is 10.2. The van der Waals surface area contributed by atoms with Gasteiger partial charge in [-0.2, -0.15) is 0 Å². The monoisotopic (exact) mass is 189 g/mol. The van der Waals surface area contributed by atoms with Crippen molar-refractivity contribution in [3.63, 3.8) is 0 Å². The van der Waals surface area contributed by atoms with Gasteiger partial charge >= 0.3 is 0 Å². The third-order valence-electron chi connectivity index (χ3n) is 2.56. The summed E-state index contributed by atoms with van der Waals surface area (Å²) in [6.07, 6.45) is 4.85. The van der Waals surface area contributed by atoms with Crippen molar-refractivity contribution in [3.05, 3.63) is 42.1 Å². The van der Waals surface area contributed by atoms with E-state index >= 15 is 0 Å². The summed E-state index contributed by atoms with van der Waals surface area (Å²) in [6.45, 7) is 8.20. The first-order valence-electron chi connectivity index (χ1n) is 4.79. The van der Waals surface area contributed by atoms with Crippen LogP contribution in [0.4, 0.5) is 0 Å².